The molecule has 9 unspecified atom stereocenters. The molecule has 0 aromatic rings. The molecule has 0 aromatic carbocycles. The summed E-state index contributed by atoms with van der Waals surface area (Å²) in [7, 11) is 0. The average Bonchev–Trinajstić information content (AvgIpc) is 3.07. The lowest BCUT2D eigenvalue weighted by molar-refractivity contribution is -0.103. The maximum atomic E-state index is 6.25. The normalized spacial score (nSPS) is 48.4. The zero-order valence-corrected chi connectivity index (χ0v) is 18.8. The van der Waals surface area contributed by atoms with Crippen LogP contribution in [0.5, 0.6) is 0 Å². The van der Waals surface area contributed by atoms with Crippen molar-refractivity contribution in [3.8, 4) is 0 Å². The lowest BCUT2D eigenvalue weighted by Crippen LogP contribution is -2.42. The van der Waals surface area contributed by atoms with Crippen LogP contribution in [0.4, 0.5) is 0 Å². The van der Waals surface area contributed by atoms with E-state index in [-0.39, 0.29) is 0 Å². The van der Waals surface area contributed by atoms with E-state index < -0.39 is 0 Å². The lowest BCUT2D eigenvalue weighted by atomic mass is 9.57. The molecule has 0 spiro atoms. The van der Waals surface area contributed by atoms with E-state index in [1.165, 1.54) is 57.8 Å². The zero-order valence-electron chi connectivity index (χ0n) is 18.8. The third kappa shape index (κ3) is 3.18. The van der Waals surface area contributed by atoms with Crippen molar-refractivity contribution in [3.05, 3.63) is 24.3 Å². The van der Waals surface area contributed by atoms with E-state index in [9.17, 15) is 0 Å². The van der Waals surface area contributed by atoms with Crippen molar-refractivity contribution in [1.29, 1.82) is 0 Å². The molecular formula is C27H40O3. The topological polar surface area (TPSA) is 31.0 Å². The van der Waals surface area contributed by atoms with Crippen LogP contribution in [0, 0.1) is 40.4 Å². The fraction of sp³-hybridized carbons (Fsp3) is 0.852. The summed E-state index contributed by atoms with van der Waals surface area (Å²) in [6.45, 7) is 5.99. The van der Waals surface area contributed by atoms with Gasteiger partial charge in [0.05, 0.1) is 32.0 Å². The average molecular weight is 413 g/mol. The van der Waals surface area contributed by atoms with Gasteiger partial charge in [0.1, 0.15) is 0 Å². The molecule has 0 N–H and O–H groups in total. The maximum absolute atomic E-state index is 6.25. The molecule has 2 heterocycles. The van der Waals surface area contributed by atoms with E-state index in [0.717, 1.165) is 50.1 Å². The second kappa shape index (κ2) is 7.74. The smallest absolute Gasteiger partial charge is 0.0840 e. The Balaban J connectivity index is 1.17. The van der Waals surface area contributed by atoms with Crippen molar-refractivity contribution >= 4 is 0 Å². The summed E-state index contributed by atoms with van der Waals surface area (Å²) in [5.41, 5.74) is 0.722. The molecule has 6 aliphatic rings. The van der Waals surface area contributed by atoms with Crippen LogP contribution < -0.4 is 0 Å². The summed E-state index contributed by atoms with van der Waals surface area (Å²) < 4.78 is 17.7. The van der Waals surface area contributed by atoms with Crippen LogP contribution >= 0.6 is 0 Å². The van der Waals surface area contributed by atoms with Crippen LogP contribution in [0.2, 0.25) is 0 Å². The molecule has 0 radical (unpaired) electrons. The molecule has 6 rings (SSSR count). The molecule has 2 saturated heterocycles. The Hall–Kier alpha value is -0.640. The van der Waals surface area contributed by atoms with Gasteiger partial charge in [-0.15, -0.1) is 0 Å². The summed E-state index contributed by atoms with van der Waals surface area (Å²) in [4.78, 5) is 0. The Bertz CT molecular complexity index is 692. The lowest BCUT2D eigenvalue weighted by Gasteiger charge is -2.47. The standard InChI is InChI=1S/C27H40O3/c1-2-3-4-5-23(25-18-30-25)24-15-26(9-7-20(24)14-26)27-10-6-19(13-27)12-21(27)16-28-17-22-8-11-29-22/h6-7,9-10,19-25H,2-5,8,11-18H2,1H3. The van der Waals surface area contributed by atoms with Crippen LogP contribution in [0.15, 0.2) is 24.3 Å². The van der Waals surface area contributed by atoms with Gasteiger partial charge in [-0.2, -0.15) is 0 Å². The van der Waals surface area contributed by atoms with Crippen molar-refractivity contribution in [3.63, 3.8) is 0 Å². The Kier molecular flexibility index (Phi) is 5.16. The molecule has 30 heavy (non-hydrogen) atoms. The minimum absolute atomic E-state index is 0.344. The summed E-state index contributed by atoms with van der Waals surface area (Å²) in [6, 6.07) is 0. The molecule has 0 amide bonds. The van der Waals surface area contributed by atoms with Crippen LogP contribution in [-0.4, -0.2) is 38.6 Å². The molecule has 166 valence electrons. The largest absolute Gasteiger partial charge is 0.378 e. The van der Waals surface area contributed by atoms with Gasteiger partial charge in [-0.25, -0.2) is 0 Å². The van der Waals surface area contributed by atoms with Crippen molar-refractivity contribution in [2.75, 3.05) is 26.4 Å². The molecule has 4 aliphatic carbocycles. The zero-order chi connectivity index (χ0) is 20.2. The summed E-state index contributed by atoms with van der Waals surface area (Å²) >= 11 is 0. The molecule has 4 fully saturated rings. The predicted octanol–water partition coefficient (Wildman–Crippen LogP) is 5.55. The van der Waals surface area contributed by atoms with E-state index in [4.69, 9.17) is 14.2 Å². The van der Waals surface area contributed by atoms with Crippen LogP contribution in [-0.2, 0) is 14.2 Å². The highest BCUT2D eigenvalue weighted by molar-refractivity contribution is 5.33. The minimum atomic E-state index is 0.344. The number of unbranched alkanes of at least 4 members (excludes halogenated alkanes) is 2. The van der Waals surface area contributed by atoms with E-state index in [2.05, 4.69) is 31.2 Å². The van der Waals surface area contributed by atoms with Crippen molar-refractivity contribution in [2.24, 2.45) is 40.4 Å². The first-order valence-electron chi connectivity index (χ1n) is 12.9. The van der Waals surface area contributed by atoms with Gasteiger partial charge in [0, 0.05) is 12.0 Å². The number of hydrogen-bond acceptors (Lipinski definition) is 3. The molecule has 0 aromatic heterocycles. The van der Waals surface area contributed by atoms with Crippen molar-refractivity contribution in [2.45, 2.75) is 76.9 Å². The molecule has 9 atom stereocenters. The fourth-order valence-electron chi connectivity index (χ4n) is 8.16. The van der Waals surface area contributed by atoms with Gasteiger partial charge in [0.2, 0.25) is 0 Å². The quantitative estimate of drug-likeness (QED) is 0.253. The maximum Gasteiger partial charge on any atom is 0.0840 e. The number of ether oxygens (including phenoxy) is 3. The number of epoxide rings is 1. The first kappa shape index (κ1) is 20.0. The van der Waals surface area contributed by atoms with Gasteiger partial charge in [-0.3, -0.25) is 0 Å². The van der Waals surface area contributed by atoms with Gasteiger partial charge >= 0.3 is 0 Å². The van der Waals surface area contributed by atoms with Crippen molar-refractivity contribution in [1.82, 2.24) is 0 Å². The molecule has 4 bridgehead atoms. The minimum Gasteiger partial charge on any atom is -0.378 e. The molecule has 3 nitrogen and oxygen atoms in total. The first-order valence-corrected chi connectivity index (χ1v) is 12.9. The molecule has 3 heteroatoms. The molecule has 2 saturated carbocycles. The highest BCUT2D eigenvalue weighted by atomic mass is 16.6. The predicted molar refractivity (Wildman–Crippen MR) is 118 cm³/mol. The Labute approximate surface area is 182 Å². The Morgan fingerprint density at radius 1 is 1.07 bits per heavy atom. The fourth-order valence-corrected chi connectivity index (χ4v) is 8.16. The molecule has 2 aliphatic heterocycles. The van der Waals surface area contributed by atoms with E-state index in [1.807, 2.05) is 0 Å². The van der Waals surface area contributed by atoms with Crippen LogP contribution in [0.1, 0.15) is 64.7 Å². The first-order chi connectivity index (χ1) is 14.7. The second-order valence-corrected chi connectivity index (χ2v) is 11.4. The van der Waals surface area contributed by atoms with Crippen LogP contribution in [0.25, 0.3) is 0 Å². The van der Waals surface area contributed by atoms with Gasteiger partial charge < -0.3 is 14.2 Å². The van der Waals surface area contributed by atoms with E-state index in [1.54, 1.807) is 0 Å². The Morgan fingerprint density at radius 3 is 2.70 bits per heavy atom. The summed E-state index contributed by atoms with van der Waals surface area (Å²) in [5.74, 6) is 3.88. The SMILES string of the molecule is CCCCCC(C1CO1)C1CC2(C34C=CC(CC3COCC3CCO3)C4)C=CC1C2. The summed E-state index contributed by atoms with van der Waals surface area (Å²) in [5, 5.41) is 0. The van der Waals surface area contributed by atoms with E-state index in [0.29, 0.717) is 29.0 Å². The number of hydrogen-bond donors (Lipinski definition) is 0. The second-order valence-electron chi connectivity index (χ2n) is 11.4. The van der Waals surface area contributed by atoms with Gasteiger partial charge in [-0.05, 0) is 73.5 Å². The highest BCUT2D eigenvalue weighted by Crippen LogP contribution is 2.72. The van der Waals surface area contributed by atoms with Gasteiger partial charge in [0.15, 0.2) is 0 Å². The summed E-state index contributed by atoms with van der Waals surface area (Å²) in [6.07, 6.45) is 23.5. The van der Waals surface area contributed by atoms with Crippen LogP contribution in [0.3, 0.4) is 0 Å². The monoisotopic (exact) mass is 412 g/mol. The number of rotatable bonds is 11. The third-order valence-corrected chi connectivity index (χ3v) is 9.86. The van der Waals surface area contributed by atoms with Gasteiger partial charge in [0.25, 0.3) is 0 Å². The van der Waals surface area contributed by atoms with Gasteiger partial charge in [-0.1, -0.05) is 50.5 Å². The van der Waals surface area contributed by atoms with Crippen molar-refractivity contribution < 1.29 is 14.2 Å². The third-order valence-electron chi connectivity index (χ3n) is 9.86. The highest BCUT2D eigenvalue weighted by Gasteiger charge is 2.65. The number of allylic oxidation sites excluding steroid dienone is 4. The molecular weight excluding hydrogens is 372 g/mol. The van der Waals surface area contributed by atoms with E-state index >= 15 is 0 Å². The number of fused-ring (bicyclic) bond motifs is 5. The Morgan fingerprint density at radius 2 is 1.97 bits per heavy atom.